The molecule has 0 spiro atoms. The lowest BCUT2D eigenvalue weighted by atomic mass is 9.88. The lowest BCUT2D eigenvalue weighted by Crippen LogP contribution is -2.52. The van der Waals surface area contributed by atoms with Crippen molar-refractivity contribution in [2.75, 3.05) is 66.5 Å². The van der Waals surface area contributed by atoms with Crippen LogP contribution in [0.4, 0.5) is 0 Å². The van der Waals surface area contributed by atoms with E-state index in [-0.39, 0.29) is 0 Å². The molecule has 0 bridgehead atoms. The zero-order valence-electron chi connectivity index (χ0n) is 18.6. The summed E-state index contributed by atoms with van der Waals surface area (Å²) < 4.78 is 0. The van der Waals surface area contributed by atoms with Crippen molar-refractivity contribution in [3.05, 3.63) is 0 Å². The van der Waals surface area contributed by atoms with E-state index in [1.807, 2.05) is 0 Å². The van der Waals surface area contributed by atoms with E-state index in [4.69, 9.17) is 4.99 Å². The number of hydrogen-bond donors (Lipinski definition) is 2. The van der Waals surface area contributed by atoms with E-state index >= 15 is 0 Å². The Morgan fingerprint density at radius 3 is 2.43 bits per heavy atom. The van der Waals surface area contributed by atoms with Crippen LogP contribution < -0.4 is 10.6 Å². The van der Waals surface area contributed by atoms with E-state index < -0.39 is 0 Å². The number of rotatable bonds is 6. The molecule has 6 heteroatoms. The minimum absolute atomic E-state index is 0.520. The summed E-state index contributed by atoms with van der Waals surface area (Å²) in [6.45, 7) is 11.2. The number of aliphatic imine (C=N–C) groups is 1. The maximum atomic E-state index is 4.94. The molecule has 3 rings (SSSR count). The molecule has 1 unspecified atom stereocenters. The highest BCUT2D eigenvalue weighted by molar-refractivity contribution is 5.80. The van der Waals surface area contributed by atoms with Crippen molar-refractivity contribution in [3.63, 3.8) is 0 Å². The molecule has 1 atom stereocenters. The van der Waals surface area contributed by atoms with E-state index in [0.717, 1.165) is 44.6 Å². The average molecular weight is 393 g/mol. The first-order valence-electron chi connectivity index (χ1n) is 11.8. The maximum absolute atomic E-state index is 4.94. The van der Waals surface area contributed by atoms with Crippen molar-refractivity contribution in [2.45, 2.75) is 64.0 Å². The molecule has 0 amide bonds. The summed E-state index contributed by atoms with van der Waals surface area (Å²) in [5.41, 5.74) is 0. The lowest BCUT2D eigenvalue weighted by Gasteiger charge is -2.37. The predicted octanol–water partition coefficient (Wildman–Crippen LogP) is 1.83. The number of nitrogens with one attached hydrogen (secondary N) is 2. The van der Waals surface area contributed by atoms with Crippen molar-refractivity contribution < 1.29 is 0 Å². The van der Waals surface area contributed by atoms with Crippen molar-refractivity contribution in [3.8, 4) is 0 Å². The van der Waals surface area contributed by atoms with Crippen LogP contribution in [0.25, 0.3) is 0 Å². The highest BCUT2D eigenvalue weighted by Crippen LogP contribution is 2.25. The largest absolute Gasteiger partial charge is 0.357 e. The van der Waals surface area contributed by atoms with Gasteiger partial charge < -0.3 is 20.4 Å². The van der Waals surface area contributed by atoms with Gasteiger partial charge in [0.25, 0.3) is 0 Å². The fourth-order valence-corrected chi connectivity index (χ4v) is 5.00. The average Bonchev–Trinajstić information content (AvgIpc) is 2.71. The zero-order chi connectivity index (χ0) is 19.8. The third kappa shape index (κ3) is 6.89. The number of likely N-dealkylation sites (tertiary alicyclic amines) is 1. The van der Waals surface area contributed by atoms with Crippen LogP contribution in [0.5, 0.6) is 0 Å². The monoisotopic (exact) mass is 392 g/mol. The maximum Gasteiger partial charge on any atom is 0.191 e. The van der Waals surface area contributed by atoms with Gasteiger partial charge in [0, 0.05) is 57.9 Å². The van der Waals surface area contributed by atoms with Crippen LogP contribution in [-0.4, -0.2) is 99.2 Å². The van der Waals surface area contributed by atoms with E-state index in [1.54, 1.807) is 0 Å². The number of piperidine rings is 1. The second kappa shape index (κ2) is 11.4. The van der Waals surface area contributed by atoms with Crippen molar-refractivity contribution in [1.29, 1.82) is 0 Å². The first-order valence-corrected chi connectivity index (χ1v) is 11.8. The molecular formula is C22H44N6. The number of hydrogen-bond acceptors (Lipinski definition) is 4. The summed E-state index contributed by atoms with van der Waals surface area (Å²) in [6.07, 6.45) is 9.77. The van der Waals surface area contributed by atoms with E-state index in [1.165, 1.54) is 64.6 Å². The molecule has 0 radical (unpaired) electrons. The molecule has 28 heavy (non-hydrogen) atoms. The molecule has 0 aromatic carbocycles. The Kier molecular flexibility index (Phi) is 8.87. The molecule has 1 saturated carbocycles. The molecule has 0 aromatic heterocycles. The summed E-state index contributed by atoms with van der Waals surface area (Å²) in [6, 6.07) is 1.08. The molecule has 2 heterocycles. The molecule has 2 N–H and O–H groups in total. The quantitative estimate of drug-likeness (QED) is 0.533. The van der Waals surface area contributed by atoms with Gasteiger partial charge in [-0.1, -0.05) is 19.3 Å². The Bertz CT molecular complexity index is 468. The molecule has 162 valence electrons. The molecule has 3 aliphatic rings. The molecule has 3 fully saturated rings. The second-order valence-electron chi connectivity index (χ2n) is 9.34. The topological polar surface area (TPSA) is 46.1 Å². The van der Waals surface area contributed by atoms with Crippen LogP contribution in [0.1, 0.15) is 51.9 Å². The molecule has 2 aliphatic heterocycles. The van der Waals surface area contributed by atoms with Gasteiger partial charge in [0.1, 0.15) is 0 Å². The molecule has 0 aromatic rings. The number of likely N-dealkylation sites (N-methyl/N-ethyl adjacent to an activating group) is 2. The molecule has 1 aliphatic carbocycles. The minimum Gasteiger partial charge on any atom is -0.357 e. The van der Waals surface area contributed by atoms with Crippen LogP contribution in [0.15, 0.2) is 4.99 Å². The summed E-state index contributed by atoms with van der Waals surface area (Å²) in [5, 5.41) is 7.19. The van der Waals surface area contributed by atoms with Gasteiger partial charge in [-0.15, -0.1) is 0 Å². The number of guanidine groups is 1. The van der Waals surface area contributed by atoms with Gasteiger partial charge in [-0.05, 0) is 52.6 Å². The summed E-state index contributed by atoms with van der Waals surface area (Å²) in [7, 11) is 4.45. The van der Waals surface area contributed by atoms with Gasteiger partial charge in [-0.3, -0.25) is 9.89 Å². The van der Waals surface area contributed by atoms with Crippen molar-refractivity contribution in [1.82, 2.24) is 25.3 Å². The van der Waals surface area contributed by atoms with Crippen molar-refractivity contribution in [2.24, 2.45) is 10.9 Å². The summed E-state index contributed by atoms with van der Waals surface area (Å²) >= 11 is 0. The fraction of sp³-hybridized carbons (Fsp3) is 0.955. The Balaban J connectivity index is 1.42. The standard InChI is InChI=1S/C22H44N6/c1-4-23-22(24-16-21-18-26(2)14-15-27(21)3)25-20-10-12-28(13-11-20)17-19-8-6-5-7-9-19/h19-21H,4-18H2,1-3H3,(H2,23,24,25). The van der Waals surface area contributed by atoms with Gasteiger partial charge in [0.15, 0.2) is 5.96 Å². The summed E-state index contributed by atoms with van der Waals surface area (Å²) in [5.74, 6) is 1.97. The first-order chi connectivity index (χ1) is 13.6. The first kappa shape index (κ1) is 21.8. The van der Waals surface area contributed by atoms with Crippen LogP contribution in [0.3, 0.4) is 0 Å². The Morgan fingerprint density at radius 2 is 1.71 bits per heavy atom. The van der Waals surface area contributed by atoms with Crippen LogP contribution in [-0.2, 0) is 0 Å². The predicted molar refractivity (Wildman–Crippen MR) is 119 cm³/mol. The van der Waals surface area contributed by atoms with E-state index in [9.17, 15) is 0 Å². The lowest BCUT2D eigenvalue weighted by molar-refractivity contribution is 0.119. The second-order valence-corrected chi connectivity index (χ2v) is 9.34. The fourth-order valence-electron chi connectivity index (χ4n) is 5.00. The van der Waals surface area contributed by atoms with Crippen LogP contribution in [0.2, 0.25) is 0 Å². The Hall–Kier alpha value is -0.850. The SMILES string of the molecule is CCNC(=NCC1CN(C)CCN1C)NC1CCN(CC2CCCCC2)CC1. The highest BCUT2D eigenvalue weighted by Gasteiger charge is 2.24. The van der Waals surface area contributed by atoms with E-state index in [0.29, 0.717) is 12.1 Å². The van der Waals surface area contributed by atoms with Gasteiger partial charge in [0.2, 0.25) is 0 Å². The minimum atomic E-state index is 0.520. The Labute approximate surface area is 173 Å². The molecule has 2 saturated heterocycles. The number of nitrogens with zero attached hydrogens (tertiary/aromatic N) is 4. The summed E-state index contributed by atoms with van der Waals surface area (Å²) in [4.78, 5) is 12.5. The van der Waals surface area contributed by atoms with Gasteiger partial charge in [0.05, 0.1) is 6.54 Å². The zero-order valence-corrected chi connectivity index (χ0v) is 18.6. The van der Waals surface area contributed by atoms with Gasteiger partial charge in [-0.25, -0.2) is 0 Å². The number of piperazine rings is 1. The van der Waals surface area contributed by atoms with Gasteiger partial charge in [-0.2, -0.15) is 0 Å². The third-order valence-electron chi connectivity index (χ3n) is 6.95. The smallest absolute Gasteiger partial charge is 0.191 e. The highest BCUT2D eigenvalue weighted by atomic mass is 15.3. The van der Waals surface area contributed by atoms with Crippen molar-refractivity contribution >= 4 is 5.96 Å². The van der Waals surface area contributed by atoms with Crippen LogP contribution >= 0.6 is 0 Å². The van der Waals surface area contributed by atoms with Crippen LogP contribution in [0, 0.1) is 5.92 Å². The normalized spacial score (nSPS) is 27.8. The molecule has 6 nitrogen and oxygen atoms in total. The Morgan fingerprint density at radius 1 is 0.964 bits per heavy atom. The third-order valence-corrected chi connectivity index (χ3v) is 6.95. The van der Waals surface area contributed by atoms with E-state index in [2.05, 4.69) is 46.4 Å². The van der Waals surface area contributed by atoms with Gasteiger partial charge >= 0.3 is 0 Å². The molecular weight excluding hydrogens is 348 g/mol.